The Morgan fingerprint density at radius 2 is 0.725 bits per heavy atom. The maximum Gasteiger partial charge on any atom is 0.306 e. The number of unbranched alkanes of at least 4 members (excludes halogenated alkanes) is 32. The summed E-state index contributed by atoms with van der Waals surface area (Å²) in [5.41, 5.74) is 0. The quantitative estimate of drug-likeness (QED) is 0.0386. The molecule has 0 aliphatic rings. The Balaban J connectivity index is 3.38. The summed E-state index contributed by atoms with van der Waals surface area (Å²) < 4.78 is 10.6. The van der Waals surface area contributed by atoms with Crippen molar-refractivity contribution in [3.8, 4) is 0 Å². The fraction of sp³-hybridized carbons (Fsp3) is 0.913. The number of rotatable bonds is 42. The summed E-state index contributed by atoms with van der Waals surface area (Å²) in [6.45, 7) is 4.13. The van der Waals surface area contributed by atoms with Gasteiger partial charge in [0, 0.05) is 12.8 Å². The van der Waals surface area contributed by atoms with Crippen molar-refractivity contribution in [2.24, 2.45) is 0 Å². The van der Waals surface area contributed by atoms with Crippen molar-refractivity contribution in [3.05, 3.63) is 12.2 Å². The zero-order chi connectivity index (χ0) is 37.1. The molecule has 0 saturated heterocycles. The lowest BCUT2D eigenvalue weighted by atomic mass is 10.0. The van der Waals surface area contributed by atoms with E-state index in [0.717, 1.165) is 38.5 Å². The number of aliphatic hydroxyl groups is 1. The molecule has 0 aromatic heterocycles. The number of hydrogen-bond acceptors (Lipinski definition) is 5. The molecule has 0 fully saturated rings. The number of carbonyl (C=O) groups is 2. The molecule has 1 unspecified atom stereocenters. The van der Waals surface area contributed by atoms with Crippen molar-refractivity contribution in [1.29, 1.82) is 0 Å². The number of carbonyl (C=O) groups excluding carboxylic acids is 2. The molecule has 5 nitrogen and oxygen atoms in total. The highest BCUT2D eigenvalue weighted by molar-refractivity contribution is 5.70. The van der Waals surface area contributed by atoms with Gasteiger partial charge in [-0.3, -0.25) is 9.59 Å². The van der Waals surface area contributed by atoms with Crippen LogP contribution in [0.4, 0.5) is 0 Å². The average Bonchev–Trinajstić information content (AvgIpc) is 3.13. The van der Waals surface area contributed by atoms with Gasteiger partial charge in [-0.1, -0.05) is 212 Å². The maximum atomic E-state index is 12.2. The Kier molecular flexibility index (Phi) is 41.9. The van der Waals surface area contributed by atoms with Gasteiger partial charge in [0.05, 0.1) is 6.61 Å². The zero-order valence-electron chi connectivity index (χ0n) is 34.4. The second kappa shape index (κ2) is 43.0. The minimum absolute atomic E-state index is 0.0595. The van der Waals surface area contributed by atoms with Gasteiger partial charge in [-0.2, -0.15) is 0 Å². The highest BCUT2D eigenvalue weighted by Crippen LogP contribution is 2.16. The lowest BCUT2D eigenvalue weighted by Gasteiger charge is -2.15. The average molecular weight is 721 g/mol. The number of allylic oxidation sites excluding steroid dienone is 2. The summed E-state index contributed by atoms with van der Waals surface area (Å²) >= 11 is 0. The van der Waals surface area contributed by atoms with E-state index in [1.165, 1.54) is 186 Å². The van der Waals surface area contributed by atoms with Crippen LogP contribution in [0, 0.1) is 0 Å². The Bertz CT molecular complexity index is 735. The molecule has 0 aromatic rings. The third-order valence-electron chi connectivity index (χ3n) is 10.3. The molecule has 0 aliphatic carbocycles. The Morgan fingerprint density at radius 1 is 0.431 bits per heavy atom. The molecule has 0 amide bonds. The van der Waals surface area contributed by atoms with Gasteiger partial charge in [-0.15, -0.1) is 0 Å². The topological polar surface area (TPSA) is 72.8 Å². The maximum absolute atomic E-state index is 12.2. The SMILES string of the molecule is CCCCCCCCCC/C=C\CCCCCCCCCCCCCCCCCCCC(=O)OC(CO)COC(=O)CCCCCCCCCC. The van der Waals surface area contributed by atoms with E-state index in [2.05, 4.69) is 26.0 Å². The summed E-state index contributed by atoms with van der Waals surface area (Å²) in [4.78, 5) is 24.2. The molecule has 0 bridgehead atoms. The standard InChI is InChI=1S/C46H88O5/c1-3-5-7-9-11-13-14-15-16-17-18-19-20-21-22-23-24-25-26-27-28-29-30-31-32-33-35-37-39-41-46(49)51-44(42-47)43-50-45(48)40-38-36-34-12-10-8-6-4-2/h17-18,44,47H,3-16,19-43H2,1-2H3/b18-17-. The highest BCUT2D eigenvalue weighted by atomic mass is 16.6. The van der Waals surface area contributed by atoms with Crippen LogP contribution in [-0.4, -0.2) is 36.4 Å². The van der Waals surface area contributed by atoms with Crippen LogP contribution in [0.1, 0.15) is 251 Å². The molecule has 0 spiro atoms. The van der Waals surface area contributed by atoms with Gasteiger partial charge in [0.25, 0.3) is 0 Å². The minimum Gasteiger partial charge on any atom is -0.462 e. The van der Waals surface area contributed by atoms with E-state index >= 15 is 0 Å². The van der Waals surface area contributed by atoms with Crippen molar-refractivity contribution < 1.29 is 24.2 Å². The molecule has 0 rings (SSSR count). The lowest BCUT2D eigenvalue weighted by Crippen LogP contribution is -2.28. The fourth-order valence-electron chi connectivity index (χ4n) is 6.85. The van der Waals surface area contributed by atoms with E-state index in [1.807, 2.05) is 0 Å². The van der Waals surface area contributed by atoms with Gasteiger partial charge in [-0.05, 0) is 38.5 Å². The van der Waals surface area contributed by atoms with Crippen molar-refractivity contribution >= 4 is 11.9 Å². The Morgan fingerprint density at radius 3 is 1.06 bits per heavy atom. The van der Waals surface area contributed by atoms with Crippen LogP contribution in [0.2, 0.25) is 0 Å². The van der Waals surface area contributed by atoms with E-state index in [1.54, 1.807) is 0 Å². The fourth-order valence-corrected chi connectivity index (χ4v) is 6.85. The van der Waals surface area contributed by atoms with E-state index in [4.69, 9.17) is 9.47 Å². The largest absolute Gasteiger partial charge is 0.462 e. The first-order valence-electron chi connectivity index (χ1n) is 22.7. The monoisotopic (exact) mass is 721 g/mol. The van der Waals surface area contributed by atoms with E-state index < -0.39 is 6.10 Å². The Hall–Kier alpha value is -1.36. The second-order valence-electron chi connectivity index (χ2n) is 15.5. The van der Waals surface area contributed by atoms with Gasteiger partial charge < -0.3 is 14.6 Å². The normalized spacial score (nSPS) is 12.1. The van der Waals surface area contributed by atoms with E-state index in [-0.39, 0.29) is 25.2 Å². The van der Waals surface area contributed by atoms with Crippen LogP contribution in [0.3, 0.4) is 0 Å². The summed E-state index contributed by atoms with van der Waals surface area (Å²) in [6.07, 6.45) is 50.3. The predicted octanol–water partition coefficient (Wildman–Crippen LogP) is 14.5. The van der Waals surface area contributed by atoms with Gasteiger partial charge >= 0.3 is 11.9 Å². The second-order valence-corrected chi connectivity index (χ2v) is 15.5. The molecule has 51 heavy (non-hydrogen) atoms. The number of ether oxygens (including phenoxy) is 2. The van der Waals surface area contributed by atoms with Gasteiger partial charge in [0.1, 0.15) is 6.61 Å². The van der Waals surface area contributed by atoms with Crippen molar-refractivity contribution in [3.63, 3.8) is 0 Å². The number of hydrogen-bond donors (Lipinski definition) is 1. The molecule has 0 radical (unpaired) electrons. The summed E-state index contributed by atoms with van der Waals surface area (Å²) in [7, 11) is 0. The molecule has 302 valence electrons. The minimum atomic E-state index is -0.762. The predicted molar refractivity (Wildman–Crippen MR) is 219 cm³/mol. The Labute approximate surface area is 318 Å². The van der Waals surface area contributed by atoms with Crippen LogP contribution in [0.5, 0.6) is 0 Å². The molecular formula is C46H88O5. The molecule has 1 atom stereocenters. The molecule has 5 heteroatoms. The summed E-state index contributed by atoms with van der Waals surface area (Å²) in [5, 5.41) is 9.53. The molecule has 1 N–H and O–H groups in total. The number of esters is 2. The van der Waals surface area contributed by atoms with Crippen LogP contribution in [0.25, 0.3) is 0 Å². The first-order chi connectivity index (χ1) is 25.1. The highest BCUT2D eigenvalue weighted by Gasteiger charge is 2.16. The van der Waals surface area contributed by atoms with Gasteiger partial charge in [0.2, 0.25) is 0 Å². The van der Waals surface area contributed by atoms with Crippen molar-refractivity contribution in [1.82, 2.24) is 0 Å². The van der Waals surface area contributed by atoms with E-state index in [0.29, 0.717) is 12.8 Å². The van der Waals surface area contributed by atoms with Gasteiger partial charge in [-0.25, -0.2) is 0 Å². The first-order valence-corrected chi connectivity index (χ1v) is 22.7. The smallest absolute Gasteiger partial charge is 0.306 e. The summed E-state index contributed by atoms with van der Waals surface area (Å²) in [5.74, 6) is -0.583. The molecular weight excluding hydrogens is 633 g/mol. The molecule has 0 heterocycles. The van der Waals surface area contributed by atoms with Crippen LogP contribution in [-0.2, 0) is 19.1 Å². The number of aliphatic hydroxyl groups excluding tert-OH is 1. The zero-order valence-corrected chi connectivity index (χ0v) is 34.4. The van der Waals surface area contributed by atoms with Crippen LogP contribution < -0.4 is 0 Å². The third-order valence-corrected chi connectivity index (χ3v) is 10.3. The molecule has 0 aromatic carbocycles. The van der Waals surface area contributed by atoms with Crippen LogP contribution in [0.15, 0.2) is 12.2 Å². The van der Waals surface area contributed by atoms with Crippen molar-refractivity contribution in [2.45, 2.75) is 258 Å². The lowest BCUT2D eigenvalue weighted by molar-refractivity contribution is -0.161. The van der Waals surface area contributed by atoms with Gasteiger partial charge in [0.15, 0.2) is 6.10 Å². The van der Waals surface area contributed by atoms with Crippen molar-refractivity contribution in [2.75, 3.05) is 13.2 Å². The van der Waals surface area contributed by atoms with Crippen LogP contribution >= 0.6 is 0 Å². The summed E-state index contributed by atoms with van der Waals surface area (Å²) in [6, 6.07) is 0. The first kappa shape index (κ1) is 49.6. The molecule has 0 aliphatic heterocycles. The third kappa shape index (κ3) is 41.3. The van der Waals surface area contributed by atoms with E-state index in [9.17, 15) is 14.7 Å². The molecule has 0 saturated carbocycles.